The zero-order valence-corrected chi connectivity index (χ0v) is 14.0. The van der Waals surface area contributed by atoms with E-state index in [0.29, 0.717) is 18.5 Å². The Balaban J connectivity index is 1.92. The van der Waals surface area contributed by atoms with Crippen LogP contribution in [0.5, 0.6) is 0 Å². The highest BCUT2D eigenvalue weighted by molar-refractivity contribution is 7.92. The van der Waals surface area contributed by atoms with Gasteiger partial charge in [0.05, 0.1) is 5.02 Å². The van der Waals surface area contributed by atoms with Gasteiger partial charge in [-0.05, 0) is 42.3 Å². The largest absolute Gasteiger partial charge is 0.315 e. The van der Waals surface area contributed by atoms with E-state index < -0.39 is 10.0 Å². The molecule has 1 amide bonds. The van der Waals surface area contributed by atoms with E-state index in [2.05, 4.69) is 4.72 Å². The van der Waals surface area contributed by atoms with E-state index in [1.54, 1.807) is 42.3 Å². The molecule has 1 aliphatic rings. The van der Waals surface area contributed by atoms with Gasteiger partial charge in [0.25, 0.3) is 10.0 Å². The van der Waals surface area contributed by atoms with Crippen LogP contribution in [-0.2, 0) is 21.2 Å². The summed E-state index contributed by atoms with van der Waals surface area (Å²) in [5, 5.41) is 0.170. The molecule has 0 aromatic heterocycles. The molecule has 120 valence electrons. The van der Waals surface area contributed by atoms with Gasteiger partial charge in [0, 0.05) is 24.8 Å². The molecule has 1 aliphatic heterocycles. The minimum Gasteiger partial charge on any atom is -0.315 e. The monoisotopic (exact) mass is 350 g/mol. The van der Waals surface area contributed by atoms with Gasteiger partial charge in [0.2, 0.25) is 5.91 Å². The Hall–Kier alpha value is -2.05. The minimum absolute atomic E-state index is 0.0340. The number of nitrogens with one attached hydrogen (secondary N) is 1. The molecule has 0 saturated heterocycles. The standard InChI is InChI=1S/C16H15ClN2O3S/c1-19-14-8-7-12(10-11(14)6-9-16(19)20)18-23(21,22)15-5-3-2-4-13(15)17/h2-5,7-8,10,18H,6,9H2,1H3. The number of aryl methyl sites for hydroxylation is 1. The predicted molar refractivity (Wildman–Crippen MR) is 90.4 cm³/mol. The highest BCUT2D eigenvalue weighted by Crippen LogP contribution is 2.30. The molecule has 2 aromatic carbocycles. The third-order valence-electron chi connectivity index (χ3n) is 3.80. The van der Waals surface area contributed by atoms with Crippen LogP contribution in [0.1, 0.15) is 12.0 Å². The van der Waals surface area contributed by atoms with Gasteiger partial charge in [0.1, 0.15) is 4.90 Å². The molecule has 0 atom stereocenters. The molecule has 0 fully saturated rings. The smallest absolute Gasteiger partial charge is 0.263 e. The normalized spacial score (nSPS) is 14.5. The molecule has 0 unspecified atom stereocenters. The van der Waals surface area contributed by atoms with Crippen LogP contribution < -0.4 is 9.62 Å². The lowest BCUT2D eigenvalue weighted by Crippen LogP contribution is -2.31. The molecule has 7 heteroatoms. The zero-order chi connectivity index (χ0) is 16.6. The first-order valence-electron chi connectivity index (χ1n) is 7.05. The molecule has 3 rings (SSSR count). The third kappa shape index (κ3) is 3.04. The van der Waals surface area contributed by atoms with Gasteiger partial charge in [-0.15, -0.1) is 0 Å². The molecule has 0 radical (unpaired) electrons. The molecule has 23 heavy (non-hydrogen) atoms. The number of amides is 1. The van der Waals surface area contributed by atoms with Crippen molar-refractivity contribution >= 4 is 38.9 Å². The summed E-state index contributed by atoms with van der Waals surface area (Å²) in [5.74, 6) is 0.0573. The maximum Gasteiger partial charge on any atom is 0.263 e. The van der Waals surface area contributed by atoms with Gasteiger partial charge in [0.15, 0.2) is 0 Å². The summed E-state index contributed by atoms with van der Waals surface area (Å²) in [6.45, 7) is 0. The maximum atomic E-state index is 12.4. The van der Waals surface area contributed by atoms with Crippen molar-refractivity contribution in [3.05, 3.63) is 53.1 Å². The van der Waals surface area contributed by atoms with Crippen LogP contribution in [0.25, 0.3) is 0 Å². The molecular formula is C16H15ClN2O3S. The van der Waals surface area contributed by atoms with Gasteiger partial charge < -0.3 is 4.90 Å². The molecule has 0 aliphatic carbocycles. The lowest BCUT2D eigenvalue weighted by molar-refractivity contribution is -0.118. The van der Waals surface area contributed by atoms with Crippen LogP contribution in [0.3, 0.4) is 0 Å². The van der Waals surface area contributed by atoms with Crippen LogP contribution in [0, 0.1) is 0 Å². The lowest BCUT2D eigenvalue weighted by atomic mass is 10.0. The number of sulfonamides is 1. The second-order valence-electron chi connectivity index (χ2n) is 5.33. The van der Waals surface area contributed by atoms with Crippen molar-refractivity contribution in [2.75, 3.05) is 16.7 Å². The number of rotatable bonds is 3. The van der Waals surface area contributed by atoms with E-state index in [1.807, 2.05) is 0 Å². The Labute approximate surface area is 139 Å². The summed E-state index contributed by atoms with van der Waals surface area (Å²) in [6.07, 6.45) is 1.02. The Kier molecular flexibility index (Phi) is 4.04. The number of hydrogen-bond donors (Lipinski definition) is 1. The Bertz CT molecular complexity index is 881. The number of carbonyl (C=O) groups is 1. The van der Waals surface area contributed by atoms with E-state index in [9.17, 15) is 13.2 Å². The van der Waals surface area contributed by atoms with Crippen LogP contribution in [-0.4, -0.2) is 21.4 Å². The molecule has 0 bridgehead atoms. The fraction of sp³-hybridized carbons (Fsp3) is 0.188. The molecular weight excluding hydrogens is 336 g/mol. The molecule has 1 N–H and O–H groups in total. The number of carbonyl (C=O) groups excluding carboxylic acids is 1. The van der Waals surface area contributed by atoms with Crippen molar-refractivity contribution in [3.8, 4) is 0 Å². The predicted octanol–water partition coefficient (Wildman–Crippen LogP) is 3.05. The van der Waals surface area contributed by atoms with Gasteiger partial charge in [-0.3, -0.25) is 9.52 Å². The number of nitrogens with zero attached hydrogens (tertiary/aromatic N) is 1. The number of benzene rings is 2. The average Bonchev–Trinajstić information content (AvgIpc) is 2.51. The van der Waals surface area contributed by atoms with E-state index in [1.165, 1.54) is 12.1 Å². The van der Waals surface area contributed by atoms with Crippen molar-refractivity contribution in [1.82, 2.24) is 0 Å². The highest BCUT2D eigenvalue weighted by atomic mass is 35.5. The maximum absolute atomic E-state index is 12.4. The van der Waals surface area contributed by atoms with Gasteiger partial charge in [-0.2, -0.15) is 0 Å². The minimum atomic E-state index is -3.76. The fourth-order valence-corrected chi connectivity index (χ4v) is 4.16. The number of fused-ring (bicyclic) bond motifs is 1. The summed E-state index contributed by atoms with van der Waals surface area (Å²) in [6, 6.07) is 11.4. The molecule has 0 spiro atoms. The van der Waals surface area contributed by atoms with Gasteiger partial charge in [-0.25, -0.2) is 8.42 Å². The van der Waals surface area contributed by atoms with E-state index in [0.717, 1.165) is 11.3 Å². The van der Waals surface area contributed by atoms with E-state index in [-0.39, 0.29) is 15.8 Å². The fourth-order valence-electron chi connectivity index (χ4n) is 2.59. The van der Waals surface area contributed by atoms with Crippen molar-refractivity contribution < 1.29 is 13.2 Å². The Morgan fingerprint density at radius 2 is 1.87 bits per heavy atom. The summed E-state index contributed by atoms with van der Waals surface area (Å²) in [4.78, 5) is 13.3. The van der Waals surface area contributed by atoms with Crippen molar-refractivity contribution in [2.45, 2.75) is 17.7 Å². The van der Waals surface area contributed by atoms with Crippen molar-refractivity contribution in [2.24, 2.45) is 0 Å². The quantitative estimate of drug-likeness (QED) is 0.925. The second-order valence-corrected chi connectivity index (χ2v) is 7.39. The third-order valence-corrected chi connectivity index (χ3v) is 5.68. The summed E-state index contributed by atoms with van der Waals surface area (Å²) in [7, 11) is -2.04. The van der Waals surface area contributed by atoms with Crippen molar-refractivity contribution in [3.63, 3.8) is 0 Å². The second kappa shape index (κ2) is 5.86. The Morgan fingerprint density at radius 1 is 1.13 bits per heavy atom. The van der Waals surface area contributed by atoms with E-state index in [4.69, 9.17) is 11.6 Å². The van der Waals surface area contributed by atoms with Crippen LogP contribution in [0.2, 0.25) is 5.02 Å². The molecule has 0 saturated carbocycles. The Morgan fingerprint density at radius 3 is 2.61 bits per heavy atom. The number of halogens is 1. The summed E-state index contributed by atoms with van der Waals surface area (Å²) >= 11 is 5.96. The number of hydrogen-bond acceptors (Lipinski definition) is 3. The van der Waals surface area contributed by atoms with Crippen molar-refractivity contribution in [1.29, 1.82) is 0 Å². The summed E-state index contributed by atoms with van der Waals surface area (Å²) < 4.78 is 27.4. The molecule has 1 heterocycles. The number of anilines is 2. The highest BCUT2D eigenvalue weighted by Gasteiger charge is 2.22. The molecule has 5 nitrogen and oxygen atoms in total. The molecule has 2 aromatic rings. The summed E-state index contributed by atoms with van der Waals surface area (Å²) in [5.41, 5.74) is 2.19. The first kappa shape index (κ1) is 15.8. The first-order chi connectivity index (χ1) is 10.9. The zero-order valence-electron chi connectivity index (χ0n) is 12.4. The van der Waals surface area contributed by atoms with Gasteiger partial charge in [-0.1, -0.05) is 23.7 Å². The topological polar surface area (TPSA) is 66.5 Å². The average molecular weight is 351 g/mol. The SMILES string of the molecule is CN1C(=O)CCc2cc(NS(=O)(=O)c3ccccc3Cl)ccc21. The van der Waals surface area contributed by atoms with Crippen LogP contribution in [0.4, 0.5) is 11.4 Å². The van der Waals surface area contributed by atoms with Crippen LogP contribution >= 0.6 is 11.6 Å². The van der Waals surface area contributed by atoms with Crippen LogP contribution in [0.15, 0.2) is 47.4 Å². The first-order valence-corrected chi connectivity index (χ1v) is 8.91. The lowest BCUT2D eigenvalue weighted by Gasteiger charge is -2.26. The van der Waals surface area contributed by atoms with E-state index >= 15 is 0 Å². The van der Waals surface area contributed by atoms with Gasteiger partial charge >= 0.3 is 0 Å².